The summed E-state index contributed by atoms with van der Waals surface area (Å²) < 4.78 is 7.16. The number of benzene rings is 2. The maximum absolute atomic E-state index is 6.02. The Morgan fingerprint density at radius 1 is 1.27 bits per heavy atom. The molecule has 1 unspecified atom stereocenters. The zero-order valence-corrected chi connectivity index (χ0v) is 14.7. The van der Waals surface area contributed by atoms with Crippen molar-refractivity contribution in [2.45, 2.75) is 38.8 Å². The quantitative estimate of drug-likeness (QED) is 0.835. The third-order valence-electron chi connectivity index (χ3n) is 4.55. The van der Waals surface area contributed by atoms with Crippen LogP contribution in [0.4, 0.5) is 0 Å². The van der Waals surface area contributed by atoms with Gasteiger partial charge in [0.05, 0.1) is 0 Å². The molecule has 22 heavy (non-hydrogen) atoms. The van der Waals surface area contributed by atoms with Gasteiger partial charge in [0.25, 0.3) is 0 Å². The summed E-state index contributed by atoms with van der Waals surface area (Å²) in [5.74, 6) is 0.967. The molecule has 0 bridgehead atoms. The average Bonchev–Trinajstić information content (AvgIpc) is 2.55. The van der Waals surface area contributed by atoms with Crippen LogP contribution in [0.15, 0.2) is 40.9 Å². The molecule has 0 aromatic heterocycles. The Morgan fingerprint density at radius 3 is 2.95 bits per heavy atom. The number of hydrogen-bond acceptors (Lipinski definition) is 2. The van der Waals surface area contributed by atoms with Gasteiger partial charge in [0.2, 0.25) is 0 Å². The number of rotatable bonds is 4. The maximum atomic E-state index is 6.02. The van der Waals surface area contributed by atoms with Gasteiger partial charge in [-0.15, -0.1) is 0 Å². The van der Waals surface area contributed by atoms with Gasteiger partial charge in [0.15, 0.2) is 0 Å². The largest absolute Gasteiger partial charge is 0.489 e. The normalized spacial score (nSPS) is 17.1. The van der Waals surface area contributed by atoms with Crippen molar-refractivity contribution >= 4 is 15.9 Å². The molecule has 0 amide bonds. The second-order valence-corrected chi connectivity index (χ2v) is 6.76. The lowest BCUT2D eigenvalue weighted by molar-refractivity contribution is 0.304. The first-order valence-electron chi connectivity index (χ1n) is 7.86. The van der Waals surface area contributed by atoms with E-state index >= 15 is 0 Å². The van der Waals surface area contributed by atoms with Crippen molar-refractivity contribution < 1.29 is 4.74 Å². The topological polar surface area (TPSA) is 21.3 Å². The molecular weight excluding hydrogens is 338 g/mol. The second-order valence-electron chi connectivity index (χ2n) is 5.91. The van der Waals surface area contributed by atoms with Crippen LogP contribution in [0.2, 0.25) is 0 Å². The number of halogens is 1. The van der Waals surface area contributed by atoms with E-state index in [9.17, 15) is 0 Å². The van der Waals surface area contributed by atoms with Crippen molar-refractivity contribution in [3.8, 4) is 5.75 Å². The van der Waals surface area contributed by atoms with E-state index in [1.807, 2.05) is 7.05 Å². The fraction of sp³-hybridized carbons (Fsp3) is 0.368. The van der Waals surface area contributed by atoms with Gasteiger partial charge >= 0.3 is 0 Å². The predicted octanol–water partition coefficient (Wildman–Crippen LogP) is 4.93. The highest BCUT2D eigenvalue weighted by atomic mass is 79.9. The summed E-state index contributed by atoms with van der Waals surface area (Å²) in [4.78, 5) is 0. The van der Waals surface area contributed by atoms with Crippen LogP contribution in [0.1, 0.15) is 41.1 Å². The minimum absolute atomic E-state index is 0.491. The van der Waals surface area contributed by atoms with E-state index in [0.29, 0.717) is 12.6 Å². The first-order chi connectivity index (χ1) is 10.7. The van der Waals surface area contributed by atoms with Crippen LogP contribution in [0.25, 0.3) is 0 Å². The van der Waals surface area contributed by atoms with Crippen LogP contribution in [0, 0.1) is 6.92 Å². The molecule has 0 fully saturated rings. The number of hydrogen-bond donors (Lipinski definition) is 1. The smallest absolute Gasteiger partial charge is 0.120 e. The molecule has 3 rings (SSSR count). The van der Waals surface area contributed by atoms with Gasteiger partial charge in [-0.05, 0) is 73.7 Å². The summed E-state index contributed by atoms with van der Waals surface area (Å²) in [7, 11) is 2.04. The van der Waals surface area contributed by atoms with Crippen LogP contribution >= 0.6 is 15.9 Å². The highest BCUT2D eigenvalue weighted by Gasteiger charge is 2.18. The number of fused-ring (bicyclic) bond motifs is 1. The molecule has 116 valence electrons. The standard InChI is InChI=1S/C19H22BrNO/c1-13-15(6-3-7-18(13)20)12-22-16-9-10-17-14(11-16)5-4-8-19(17)21-2/h3,6-7,9-11,19,21H,4-5,8,12H2,1-2H3. The van der Waals surface area contributed by atoms with Crippen molar-refractivity contribution in [1.29, 1.82) is 0 Å². The lowest BCUT2D eigenvalue weighted by Gasteiger charge is -2.25. The van der Waals surface area contributed by atoms with Crippen LogP contribution in [-0.4, -0.2) is 7.05 Å². The molecule has 1 atom stereocenters. The van der Waals surface area contributed by atoms with E-state index in [0.717, 1.165) is 16.6 Å². The summed E-state index contributed by atoms with van der Waals surface area (Å²) >= 11 is 3.57. The molecule has 1 aliphatic rings. The zero-order chi connectivity index (χ0) is 15.5. The molecule has 0 heterocycles. The minimum Gasteiger partial charge on any atom is -0.489 e. The summed E-state index contributed by atoms with van der Waals surface area (Å²) in [6.07, 6.45) is 3.62. The number of ether oxygens (including phenoxy) is 1. The van der Waals surface area contributed by atoms with Gasteiger partial charge in [-0.25, -0.2) is 0 Å². The SMILES string of the molecule is CNC1CCCc2cc(OCc3cccc(Br)c3C)ccc21. The van der Waals surface area contributed by atoms with Gasteiger partial charge in [0, 0.05) is 10.5 Å². The van der Waals surface area contributed by atoms with Gasteiger partial charge in [-0.1, -0.05) is 34.1 Å². The average molecular weight is 360 g/mol. The molecule has 1 N–H and O–H groups in total. The molecule has 0 spiro atoms. The summed E-state index contributed by atoms with van der Waals surface area (Å²) in [5.41, 5.74) is 5.32. The maximum Gasteiger partial charge on any atom is 0.120 e. The van der Waals surface area contributed by atoms with Crippen molar-refractivity contribution in [1.82, 2.24) is 5.32 Å². The molecule has 2 nitrogen and oxygen atoms in total. The van der Waals surface area contributed by atoms with Crippen molar-refractivity contribution in [3.05, 3.63) is 63.1 Å². The lowest BCUT2D eigenvalue weighted by atomic mass is 9.87. The molecule has 0 saturated carbocycles. The Balaban J connectivity index is 1.75. The molecular formula is C19H22BrNO. The molecule has 3 heteroatoms. The van der Waals surface area contributed by atoms with Gasteiger partial charge in [0.1, 0.15) is 12.4 Å². The Morgan fingerprint density at radius 2 is 2.14 bits per heavy atom. The Kier molecular flexibility index (Phi) is 4.84. The monoisotopic (exact) mass is 359 g/mol. The highest BCUT2D eigenvalue weighted by Crippen LogP contribution is 2.32. The van der Waals surface area contributed by atoms with Crippen molar-refractivity contribution in [2.75, 3.05) is 7.05 Å². The number of aryl methyl sites for hydroxylation is 1. The fourth-order valence-electron chi connectivity index (χ4n) is 3.15. The first-order valence-corrected chi connectivity index (χ1v) is 8.65. The van der Waals surface area contributed by atoms with E-state index in [1.165, 1.54) is 35.1 Å². The van der Waals surface area contributed by atoms with Gasteiger partial charge in [-0.3, -0.25) is 0 Å². The Hall–Kier alpha value is -1.32. The van der Waals surface area contributed by atoms with Gasteiger partial charge < -0.3 is 10.1 Å². The van der Waals surface area contributed by atoms with Crippen LogP contribution in [0.5, 0.6) is 5.75 Å². The molecule has 1 aliphatic carbocycles. The van der Waals surface area contributed by atoms with E-state index in [4.69, 9.17) is 4.74 Å². The van der Waals surface area contributed by atoms with E-state index in [1.54, 1.807) is 0 Å². The summed E-state index contributed by atoms with van der Waals surface area (Å²) in [5, 5.41) is 3.41. The van der Waals surface area contributed by atoms with E-state index < -0.39 is 0 Å². The van der Waals surface area contributed by atoms with Crippen LogP contribution in [0.3, 0.4) is 0 Å². The van der Waals surface area contributed by atoms with Crippen molar-refractivity contribution in [3.63, 3.8) is 0 Å². The number of nitrogens with one attached hydrogen (secondary N) is 1. The predicted molar refractivity (Wildman–Crippen MR) is 94.4 cm³/mol. The van der Waals surface area contributed by atoms with E-state index in [-0.39, 0.29) is 0 Å². The van der Waals surface area contributed by atoms with Crippen LogP contribution in [-0.2, 0) is 13.0 Å². The van der Waals surface area contributed by atoms with Gasteiger partial charge in [-0.2, -0.15) is 0 Å². The fourth-order valence-corrected chi connectivity index (χ4v) is 3.56. The van der Waals surface area contributed by atoms with Crippen LogP contribution < -0.4 is 10.1 Å². The molecule has 0 aliphatic heterocycles. The zero-order valence-electron chi connectivity index (χ0n) is 13.2. The third-order valence-corrected chi connectivity index (χ3v) is 5.41. The first kappa shape index (κ1) is 15.6. The third kappa shape index (κ3) is 3.21. The Labute approximate surface area is 141 Å². The lowest BCUT2D eigenvalue weighted by Crippen LogP contribution is -2.21. The molecule has 2 aromatic rings. The molecule has 0 radical (unpaired) electrons. The highest BCUT2D eigenvalue weighted by molar-refractivity contribution is 9.10. The molecule has 0 saturated heterocycles. The van der Waals surface area contributed by atoms with E-state index in [2.05, 4.69) is 64.6 Å². The second kappa shape index (κ2) is 6.84. The Bertz CT molecular complexity index is 668. The molecule has 2 aromatic carbocycles. The minimum atomic E-state index is 0.491. The summed E-state index contributed by atoms with van der Waals surface area (Å²) in [6.45, 7) is 2.73. The van der Waals surface area contributed by atoms with Crippen molar-refractivity contribution in [2.24, 2.45) is 0 Å². The summed E-state index contributed by atoms with van der Waals surface area (Å²) in [6, 6.07) is 13.3.